The molecule has 0 aliphatic rings. The van der Waals surface area contributed by atoms with Crippen molar-refractivity contribution in [2.45, 2.75) is 77.6 Å². The highest BCUT2D eigenvalue weighted by Gasteiger charge is 1.90. The van der Waals surface area contributed by atoms with E-state index in [1.165, 1.54) is 57.8 Å². The summed E-state index contributed by atoms with van der Waals surface area (Å²) in [7, 11) is 0. The van der Waals surface area contributed by atoms with Crippen LogP contribution in [0.2, 0.25) is 0 Å². The lowest BCUT2D eigenvalue weighted by Gasteiger charge is -2.00. The van der Waals surface area contributed by atoms with Crippen molar-refractivity contribution in [3.8, 4) is 0 Å². The van der Waals surface area contributed by atoms with Crippen LogP contribution in [0.1, 0.15) is 77.6 Å². The molecule has 0 aromatic rings. The van der Waals surface area contributed by atoms with Gasteiger partial charge in [-0.3, -0.25) is 0 Å². The lowest BCUT2D eigenvalue weighted by Crippen LogP contribution is -1.80. The number of hydrogen-bond donors (Lipinski definition) is 0. The molecule has 0 rings (SSSR count). The molecule has 1 radical (unpaired) electrons. The van der Waals surface area contributed by atoms with Crippen LogP contribution in [0.15, 0.2) is 24.3 Å². The molecule has 0 fully saturated rings. The van der Waals surface area contributed by atoms with Crippen molar-refractivity contribution in [1.82, 2.24) is 0 Å². The standard InChI is InChI=1S/C17H31/c1-3-5-7-9-11-13-15-17-16-14-12-10-8-6-4-2/h4,6,10,12H,1,3,5,7-9,11,13-17H2,2H3. The van der Waals surface area contributed by atoms with Crippen molar-refractivity contribution in [1.29, 1.82) is 0 Å². The Bertz CT molecular complexity index is 176. The minimum Gasteiger partial charge on any atom is -0.0914 e. The van der Waals surface area contributed by atoms with E-state index in [2.05, 4.69) is 38.2 Å². The first-order valence-electron chi connectivity index (χ1n) is 7.47. The highest BCUT2D eigenvalue weighted by atomic mass is 14.0. The highest BCUT2D eigenvalue weighted by molar-refractivity contribution is 4.91. The Labute approximate surface area is 109 Å². The van der Waals surface area contributed by atoms with Gasteiger partial charge in [-0.2, -0.15) is 0 Å². The van der Waals surface area contributed by atoms with E-state index in [0.29, 0.717) is 0 Å². The summed E-state index contributed by atoms with van der Waals surface area (Å²) in [6.45, 7) is 5.94. The average Bonchev–Trinajstić information content (AvgIpc) is 2.35. The van der Waals surface area contributed by atoms with Crippen molar-refractivity contribution < 1.29 is 0 Å². The Balaban J connectivity index is 3.00. The predicted octanol–water partition coefficient (Wildman–Crippen LogP) is 6.24. The van der Waals surface area contributed by atoms with E-state index in [9.17, 15) is 0 Å². The maximum Gasteiger partial charge on any atom is -0.0169 e. The maximum absolute atomic E-state index is 3.87. The molecule has 0 saturated carbocycles. The summed E-state index contributed by atoms with van der Waals surface area (Å²) < 4.78 is 0. The molecular formula is C17H31. The molecule has 0 N–H and O–H groups in total. The summed E-state index contributed by atoms with van der Waals surface area (Å²) in [5, 5.41) is 0. The van der Waals surface area contributed by atoms with Crippen LogP contribution in [-0.2, 0) is 0 Å². The van der Waals surface area contributed by atoms with Gasteiger partial charge < -0.3 is 0 Å². The zero-order chi connectivity index (χ0) is 12.6. The van der Waals surface area contributed by atoms with Crippen LogP contribution in [0, 0.1) is 6.92 Å². The van der Waals surface area contributed by atoms with E-state index in [-0.39, 0.29) is 0 Å². The normalized spacial score (nSPS) is 11.9. The maximum atomic E-state index is 3.87. The van der Waals surface area contributed by atoms with Crippen LogP contribution in [-0.4, -0.2) is 0 Å². The third kappa shape index (κ3) is 15.5. The molecule has 0 heterocycles. The van der Waals surface area contributed by atoms with Crippen molar-refractivity contribution >= 4 is 0 Å². The fraction of sp³-hybridized carbons (Fsp3) is 0.706. The number of allylic oxidation sites excluding steroid dienone is 4. The summed E-state index contributed by atoms with van der Waals surface area (Å²) in [6, 6.07) is 0. The first-order valence-corrected chi connectivity index (χ1v) is 7.47. The predicted molar refractivity (Wildman–Crippen MR) is 80.1 cm³/mol. The molecule has 17 heavy (non-hydrogen) atoms. The molecule has 0 spiro atoms. The summed E-state index contributed by atoms with van der Waals surface area (Å²) >= 11 is 0. The quantitative estimate of drug-likeness (QED) is 0.277. The molecular weight excluding hydrogens is 204 g/mol. The lowest BCUT2D eigenvalue weighted by atomic mass is 10.1. The molecule has 99 valence electrons. The Morgan fingerprint density at radius 3 is 1.88 bits per heavy atom. The lowest BCUT2D eigenvalue weighted by molar-refractivity contribution is 0.571. The van der Waals surface area contributed by atoms with Gasteiger partial charge in [0, 0.05) is 0 Å². The van der Waals surface area contributed by atoms with Crippen molar-refractivity contribution in [3.05, 3.63) is 31.2 Å². The minimum absolute atomic E-state index is 1.10. The van der Waals surface area contributed by atoms with Gasteiger partial charge in [0.2, 0.25) is 0 Å². The number of rotatable bonds is 12. The number of unbranched alkanes of at least 4 members (excludes halogenated alkanes) is 9. The molecule has 0 unspecified atom stereocenters. The topological polar surface area (TPSA) is 0 Å². The van der Waals surface area contributed by atoms with Gasteiger partial charge in [-0.25, -0.2) is 0 Å². The highest BCUT2D eigenvalue weighted by Crippen LogP contribution is 2.10. The molecule has 0 aliphatic carbocycles. The van der Waals surface area contributed by atoms with Gasteiger partial charge >= 0.3 is 0 Å². The third-order valence-electron chi connectivity index (χ3n) is 3.05. The van der Waals surface area contributed by atoms with Crippen LogP contribution in [0.5, 0.6) is 0 Å². The molecule has 0 nitrogen and oxygen atoms in total. The Morgan fingerprint density at radius 1 is 0.706 bits per heavy atom. The largest absolute Gasteiger partial charge is 0.0914 e. The monoisotopic (exact) mass is 235 g/mol. The first kappa shape index (κ1) is 16.5. The Kier molecular flexibility index (Phi) is 15.0. The molecule has 0 aromatic heterocycles. The summed E-state index contributed by atoms with van der Waals surface area (Å²) in [5.74, 6) is 0. The SMILES string of the molecule is [CH2]CCCCCCCCCCC=CCC=CC. The first-order chi connectivity index (χ1) is 8.41. The second-order valence-electron chi connectivity index (χ2n) is 4.75. The van der Waals surface area contributed by atoms with E-state index in [0.717, 1.165) is 12.8 Å². The van der Waals surface area contributed by atoms with Gasteiger partial charge in [-0.15, -0.1) is 0 Å². The number of hydrogen-bond acceptors (Lipinski definition) is 0. The van der Waals surface area contributed by atoms with E-state index in [1.807, 2.05) is 0 Å². The van der Waals surface area contributed by atoms with Crippen LogP contribution in [0.25, 0.3) is 0 Å². The molecule has 0 aromatic carbocycles. The van der Waals surface area contributed by atoms with E-state index >= 15 is 0 Å². The van der Waals surface area contributed by atoms with Crippen LogP contribution in [0.3, 0.4) is 0 Å². The van der Waals surface area contributed by atoms with Gasteiger partial charge in [-0.1, -0.05) is 82.6 Å². The van der Waals surface area contributed by atoms with Crippen molar-refractivity contribution in [2.24, 2.45) is 0 Å². The Morgan fingerprint density at radius 2 is 1.29 bits per heavy atom. The smallest absolute Gasteiger partial charge is 0.0169 e. The van der Waals surface area contributed by atoms with E-state index < -0.39 is 0 Å². The van der Waals surface area contributed by atoms with Gasteiger partial charge in [0.15, 0.2) is 0 Å². The van der Waals surface area contributed by atoms with Crippen LogP contribution in [0.4, 0.5) is 0 Å². The zero-order valence-electron chi connectivity index (χ0n) is 11.8. The Hall–Kier alpha value is -0.520. The summed E-state index contributed by atoms with van der Waals surface area (Å²) in [5.41, 5.74) is 0. The zero-order valence-corrected chi connectivity index (χ0v) is 11.8. The fourth-order valence-electron chi connectivity index (χ4n) is 1.93. The molecule has 0 heteroatoms. The average molecular weight is 235 g/mol. The van der Waals surface area contributed by atoms with Crippen molar-refractivity contribution in [2.75, 3.05) is 0 Å². The van der Waals surface area contributed by atoms with Crippen LogP contribution >= 0.6 is 0 Å². The van der Waals surface area contributed by atoms with Crippen molar-refractivity contribution in [3.63, 3.8) is 0 Å². The molecule has 0 atom stereocenters. The second kappa shape index (κ2) is 15.5. The molecule has 0 bridgehead atoms. The minimum atomic E-state index is 1.10. The second-order valence-corrected chi connectivity index (χ2v) is 4.75. The third-order valence-corrected chi connectivity index (χ3v) is 3.05. The van der Waals surface area contributed by atoms with Crippen LogP contribution < -0.4 is 0 Å². The van der Waals surface area contributed by atoms with Gasteiger partial charge in [0.05, 0.1) is 0 Å². The van der Waals surface area contributed by atoms with Gasteiger partial charge in [-0.05, 0) is 26.2 Å². The van der Waals surface area contributed by atoms with E-state index in [1.54, 1.807) is 0 Å². The van der Waals surface area contributed by atoms with E-state index in [4.69, 9.17) is 0 Å². The van der Waals surface area contributed by atoms with Gasteiger partial charge in [0.25, 0.3) is 0 Å². The summed E-state index contributed by atoms with van der Waals surface area (Å²) in [4.78, 5) is 0. The molecule has 0 amide bonds. The molecule has 0 aliphatic heterocycles. The van der Waals surface area contributed by atoms with Gasteiger partial charge in [0.1, 0.15) is 0 Å². The summed E-state index contributed by atoms with van der Waals surface area (Å²) in [6.07, 6.45) is 23.6. The fourth-order valence-corrected chi connectivity index (χ4v) is 1.93. The molecule has 0 saturated heterocycles.